The third kappa shape index (κ3) is 3.58. The summed E-state index contributed by atoms with van der Waals surface area (Å²) in [6.45, 7) is 3.67. The van der Waals surface area contributed by atoms with Gasteiger partial charge in [-0.15, -0.1) is 0 Å². The summed E-state index contributed by atoms with van der Waals surface area (Å²) < 4.78 is 26.2. The Morgan fingerprint density at radius 2 is 2.27 bits per heavy atom. The van der Waals surface area contributed by atoms with E-state index < -0.39 is 15.6 Å². The first-order valence-corrected chi connectivity index (χ1v) is 7.06. The third-order valence-corrected chi connectivity index (χ3v) is 3.91. The number of nitrogens with zero attached hydrogens (tertiary/aromatic N) is 1. The summed E-state index contributed by atoms with van der Waals surface area (Å²) >= 11 is 3.29. The molecule has 0 radical (unpaired) electrons. The van der Waals surface area contributed by atoms with Gasteiger partial charge in [-0.1, -0.05) is 15.9 Å². The van der Waals surface area contributed by atoms with Gasteiger partial charge in [-0.2, -0.15) is 0 Å². The predicted molar refractivity (Wildman–Crippen MR) is 61.4 cm³/mol. The van der Waals surface area contributed by atoms with Crippen LogP contribution in [0.25, 0.3) is 0 Å². The van der Waals surface area contributed by atoms with E-state index >= 15 is 0 Å². The fourth-order valence-corrected chi connectivity index (χ4v) is 3.43. The van der Waals surface area contributed by atoms with Gasteiger partial charge in [0.15, 0.2) is 5.03 Å². The number of nitrogens with one attached hydrogen (secondary N) is 2. The van der Waals surface area contributed by atoms with Crippen molar-refractivity contribution < 1.29 is 8.42 Å². The molecule has 1 heterocycles. The maximum Gasteiger partial charge on any atom is 0.258 e. The molecule has 0 bridgehead atoms. The molecular weight excluding hydrogens is 282 g/mol. The third-order valence-electron chi connectivity index (χ3n) is 1.89. The van der Waals surface area contributed by atoms with Gasteiger partial charge in [0.2, 0.25) is 0 Å². The quantitative estimate of drug-likeness (QED) is 0.803. The summed E-state index contributed by atoms with van der Waals surface area (Å²) in [7, 11) is -3.49. The lowest BCUT2D eigenvalue weighted by atomic mass is 10.0. The highest BCUT2D eigenvalue weighted by molar-refractivity contribution is 9.09. The number of H-pyrrole nitrogens is 1. The highest BCUT2D eigenvalue weighted by Gasteiger charge is 2.26. The normalized spacial score (nSPS) is 13.0. The highest BCUT2D eigenvalue weighted by atomic mass is 79.9. The van der Waals surface area contributed by atoms with Gasteiger partial charge in [-0.05, 0) is 20.3 Å². The van der Waals surface area contributed by atoms with Gasteiger partial charge in [0, 0.05) is 10.9 Å². The monoisotopic (exact) mass is 295 g/mol. The van der Waals surface area contributed by atoms with Crippen LogP contribution in [-0.2, 0) is 10.0 Å². The first-order chi connectivity index (χ1) is 6.87. The smallest absolute Gasteiger partial charge is 0.258 e. The van der Waals surface area contributed by atoms with Gasteiger partial charge in [0.1, 0.15) is 0 Å². The van der Waals surface area contributed by atoms with Crippen molar-refractivity contribution in [2.75, 3.05) is 5.33 Å². The Morgan fingerprint density at radius 3 is 2.73 bits per heavy atom. The maximum absolute atomic E-state index is 11.8. The number of rotatable bonds is 5. The summed E-state index contributed by atoms with van der Waals surface area (Å²) in [6.07, 6.45) is 3.33. The largest absolute Gasteiger partial charge is 0.335 e. The van der Waals surface area contributed by atoms with E-state index in [-0.39, 0.29) is 5.03 Å². The topological polar surface area (TPSA) is 74.8 Å². The molecule has 0 amide bonds. The average molecular weight is 296 g/mol. The van der Waals surface area contributed by atoms with Gasteiger partial charge in [-0.3, -0.25) is 0 Å². The summed E-state index contributed by atoms with van der Waals surface area (Å²) in [5.41, 5.74) is -0.479. The average Bonchev–Trinajstić information content (AvgIpc) is 2.52. The van der Waals surface area contributed by atoms with Crippen LogP contribution in [0.1, 0.15) is 20.3 Å². The second-order valence-electron chi connectivity index (χ2n) is 3.84. The fraction of sp³-hybridized carbons (Fsp3) is 0.625. The number of imidazole rings is 1. The van der Waals surface area contributed by atoms with Crippen LogP contribution >= 0.6 is 15.9 Å². The number of aromatic amines is 1. The Balaban J connectivity index is 2.82. The molecule has 0 unspecified atom stereocenters. The molecule has 5 nitrogen and oxygen atoms in total. The minimum absolute atomic E-state index is 0.0881. The van der Waals surface area contributed by atoms with E-state index in [4.69, 9.17) is 0 Å². The Bertz CT molecular complexity index is 400. The summed E-state index contributed by atoms with van der Waals surface area (Å²) in [4.78, 5) is 6.25. The number of sulfonamides is 1. The van der Waals surface area contributed by atoms with Crippen LogP contribution in [0, 0.1) is 0 Å². The van der Waals surface area contributed by atoms with Crippen molar-refractivity contribution in [2.24, 2.45) is 0 Å². The maximum atomic E-state index is 11.8. The molecule has 0 atom stereocenters. The van der Waals surface area contributed by atoms with E-state index in [9.17, 15) is 8.42 Å². The standard InChI is InChI=1S/C8H14BrN3O2S/c1-8(2,3-4-9)12-15(13,14)7-5-10-6-11-7/h5-6,12H,3-4H2,1-2H3,(H,10,11). The Labute approximate surface area is 97.9 Å². The molecule has 0 aliphatic carbocycles. The van der Waals surface area contributed by atoms with E-state index in [1.54, 1.807) is 0 Å². The molecule has 86 valence electrons. The van der Waals surface area contributed by atoms with Crippen LogP contribution in [0.3, 0.4) is 0 Å². The molecular formula is C8H14BrN3O2S. The second kappa shape index (κ2) is 4.63. The molecule has 0 aromatic carbocycles. The Hall–Kier alpha value is -0.400. The molecule has 7 heteroatoms. The summed E-state index contributed by atoms with van der Waals surface area (Å²) in [5.74, 6) is 0. The molecule has 1 aromatic heterocycles. The lowest BCUT2D eigenvalue weighted by Crippen LogP contribution is -2.43. The first-order valence-electron chi connectivity index (χ1n) is 4.46. The van der Waals surface area contributed by atoms with Crippen molar-refractivity contribution in [2.45, 2.75) is 30.8 Å². The summed E-state index contributed by atoms with van der Waals surface area (Å²) in [6, 6.07) is 0. The Morgan fingerprint density at radius 1 is 1.60 bits per heavy atom. The predicted octanol–water partition coefficient (Wildman–Crippen LogP) is 1.25. The van der Waals surface area contributed by atoms with Crippen molar-refractivity contribution in [3.8, 4) is 0 Å². The second-order valence-corrected chi connectivity index (χ2v) is 6.29. The number of hydrogen-bond donors (Lipinski definition) is 2. The van der Waals surface area contributed by atoms with Gasteiger partial charge in [-0.25, -0.2) is 18.1 Å². The molecule has 0 spiro atoms. The number of alkyl halides is 1. The fourth-order valence-electron chi connectivity index (χ4n) is 1.10. The minimum Gasteiger partial charge on any atom is -0.335 e. The van der Waals surface area contributed by atoms with Crippen LogP contribution in [0.15, 0.2) is 17.6 Å². The molecule has 0 aliphatic rings. The van der Waals surface area contributed by atoms with Crippen molar-refractivity contribution >= 4 is 26.0 Å². The zero-order valence-corrected chi connectivity index (χ0v) is 11.0. The lowest BCUT2D eigenvalue weighted by molar-refractivity contribution is 0.442. The van der Waals surface area contributed by atoms with E-state index in [1.165, 1.54) is 12.5 Å². The van der Waals surface area contributed by atoms with Crippen LogP contribution < -0.4 is 4.72 Å². The van der Waals surface area contributed by atoms with Crippen LogP contribution in [0.4, 0.5) is 0 Å². The van der Waals surface area contributed by atoms with E-state index in [0.717, 1.165) is 5.33 Å². The molecule has 0 saturated heterocycles. The van der Waals surface area contributed by atoms with Crippen molar-refractivity contribution in [3.05, 3.63) is 12.5 Å². The van der Waals surface area contributed by atoms with Crippen LogP contribution in [0.5, 0.6) is 0 Å². The van der Waals surface area contributed by atoms with Gasteiger partial charge < -0.3 is 4.98 Å². The van der Waals surface area contributed by atoms with Crippen LogP contribution in [0.2, 0.25) is 0 Å². The molecule has 1 rings (SSSR count). The molecule has 0 saturated carbocycles. The summed E-state index contributed by atoms with van der Waals surface area (Å²) in [5, 5.41) is 0.830. The molecule has 0 fully saturated rings. The van der Waals surface area contributed by atoms with E-state index in [2.05, 4.69) is 30.6 Å². The van der Waals surface area contributed by atoms with E-state index in [1.807, 2.05) is 13.8 Å². The van der Waals surface area contributed by atoms with Crippen molar-refractivity contribution in [1.82, 2.24) is 14.7 Å². The van der Waals surface area contributed by atoms with Crippen molar-refractivity contribution in [3.63, 3.8) is 0 Å². The van der Waals surface area contributed by atoms with Crippen LogP contribution in [-0.4, -0.2) is 29.3 Å². The number of hydrogen-bond acceptors (Lipinski definition) is 3. The highest BCUT2D eigenvalue weighted by Crippen LogP contribution is 2.14. The Kier molecular flexibility index (Phi) is 3.91. The van der Waals surface area contributed by atoms with Gasteiger partial charge in [0.25, 0.3) is 10.0 Å². The SMILES string of the molecule is CC(C)(CCBr)NS(=O)(=O)c1cnc[nH]1. The number of halogens is 1. The minimum atomic E-state index is -3.49. The van der Waals surface area contributed by atoms with Crippen molar-refractivity contribution in [1.29, 1.82) is 0 Å². The van der Waals surface area contributed by atoms with Gasteiger partial charge in [0.05, 0.1) is 12.5 Å². The molecule has 0 aliphatic heterocycles. The first kappa shape index (κ1) is 12.7. The zero-order chi connectivity index (χ0) is 11.5. The number of aromatic nitrogens is 2. The van der Waals surface area contributed by atoms with Gasteiger partial charge >= 0.3 is 0 Å². The molecule has 1 aromatic rings. The lowest BCUT2D eigenvalue weighted by Gasteiger charge is -2.24. The zero-order valence-electron chi connectivity index (χ0n) is 8.62. The molecule has 15 heavy (non-hydrogen) atoms. The van der Waals surface area contributed by atoms with E-state index in [0.29, 0.717) is 6.42 Å². The molecule has 2 N–H and O–H groups in total.